The summed E-state index contributed by atoms with van der Waals surface area (Å²) in [5, 5.41) is 13.7. The van der Waals surface area contributed by atoms with Crippen LogP contribution in [-0.2, 0) is 6.18 Å². The minimum Gasteiger partial charge on any atom is -0.308 e. The molecule has 0 spiro atoms. The number of benzene rings is 2. The molecular formula is C19H14ClF3N4O3. The Morgan fingerprint density at radius 1 is 1.10 bits per heavy atom. The number of amides is 3. The van der Waals surface area contributed by atoms with Crippen LogP contribution in [0.3, 0.4) is 0 Å². The number of carbonyl (C=O) groups excluding carboxylic acids is 2. The van der Waals surface area contributed by atoms with Crippen LogP contribution in [0.1, 0.15) is 21.5 Å². The van der Waals surface area contributed by atoms with Crippen molar-refractivity contribution in [2.75, 3.05) is 10.6 Å². The zero-order chi connectivity index (χ0) is 22.1. The maximum atomic E-state index is 13.7. The van der Waals surface area contributed by atoms with E-state index in [4.69, 9.17) is 16.8 Å². The topological polar surface area (TPSA) is 103 Å². The average Bonchev–Trinajstić information content (AvgIpc) is 2.65. The molecule has 3 amide bonds. The molecule has 3 aromatic rings. The third kappa shape index (κ3) is 4.44. The summed E-state index contributed by atoms with van der Waals surface area (Å²) in [4.78, 5) is 27.9. The van der Waals surface area contributed by atoms with E-state index in [-0.39, 0.29) is 11.2 Å². The summed E-state index contributed by atoms with van der Waals surface area (Å²) < 4.78 is 41.2. The molecule has 0 radical (unpaired) electrons. The minimum atomic E-state index is -4.92. The van der Waals surface area contributed by atoms with Crippen LogP contribution in [0.2, 0.25) is 5.02 Å². The third-order valence-electron chi connectivity index (χ3n) is 4.13. The highest BCUT2D eigenvalue weighted by Gasteiger charge is 2.38. The molecule has 156 valence electrons. The lowest BCUT2D eigenvalue weighted by Gasteiger charge is -2.16. The van der Waals surface area contributed by atoms with Crippen LogP contribution in [0.4, 0.5) is 29.3 Å². The van der Waals surface area contributed by atoms with Crippen LogP contribution in [0, 0.1) is 6.92 Å². The molecule has 2 aromatic carbocycles. The predicted octanol–water partition coefficient (Wildman–Crippen LogP) is 4.98. The number of aromatic nitrogens is 1. The smallest absolute Gasteiger partial charge is 0.308 e. The fraction of sp³-hybridized carbons (Fsp3) is 0.105. The van der Waals surface area contributed by atoms with Gasteiger partial charge in [-0.15, -0.1) is 0 Å². The van der Waals surface area contributed by atoms with Crippen molar-refractivity contribution in [3.8, 4) is 0 Å². The first-order valence-electron chi connectivity index (χ1n) is 8.38. The van der Waals surface area contributed by atoms with Crippen LogP contribution in [-0.4, -0.2) is 22.1 Å². The molecule has 11 heteroatoms. The molecule has 4 N–H and O–H groups in total. The third-order valence-corrected chi connectivity index (χ3v) is 4.37. The van der Waals surface area contributed by atoms with Gasteiger partial charge in [-0.25, -0.2) is 10.3 Å². The second kappa shape index (κ2) is 8.17. The fourth-order valence-corrected chi connectivity index (χ4v) is 3.14. The molecule has 0 bridgehead atoms. The van der Waals surface area contributed by atoms with Crippen LogP contribution in [0.25, 0.3) is 10.9 Å². The van der Waals surface area contributed by atoms with Crippen molar-refractivity contribution in [2.45, 2.75) is 13.1 Å². The highest BCUT2D eigenvalue weighted by atomic mass is 35.5. The van der Waals surface area contributed by atoms with E-state index in [9.17, 15) is 22.8 Å². The Morgan fingerprint density at radius 3 is 2.43 bits per heavy atom. The van der Waals surface area contributed by atoms with Crippen LogP contribution >= 0.6 is 11.6 Å². The summed E-state index contributed by atoms with van der Waals surface area (Å²) in [6, 6.07) is 8.11. The zero-order valence-electron chi connectivity index (χ0n) is 15.3. The van der Waals surface area contributed by atoms with Crippen molar-refractivity contribution in [1.82, 2.24) is 10.5 Å². The van der Waals surface area contributed by atoms with Gasteiger partial charge in [-0.05, 0) is 42.8 Å². The van der Waals surface area contributed by atoms with Gasteiger partial charge in [-0.3, -0.25) is 15.0 Å². The number of rotatable bonds is 3. The van der Waals surface area contributed by atoms with Gasteiger partial charge in [0.15, 0.2) is 0 Å². The number of nitrogens with one attached hydrogen (secondary N) is 3. The number of urea groups is 1. The second-order valence-corrected chi connectivity index (χ2v) is 6.70. The van der Waals surface area contributed by atoms with Gasteiger partial charge in [0.25, 0.3) is 5.91 Å². The number of aryl methyl sites for hydroxylation is 1. The molecule has 0 unspecified atom stereocenters. The largest absolute Gasteiger partial charge is 0.417 e. The molecule has 7 nitrogen and oxygen atoms in total. The van der Waals surface area contributed by atoms with Crippen LogP contribution < -0.4 is 16.1 Å². The van der Waals surface area contributed by atoms with Gasteiger partial charge < -0.3 is 10.6 Å². The number of hydrogen-bond donors (Lipinski definition) is 4. The molecule has 0 aliphatic rings. The Morgan fingerprint density at radius 2 is 1.80 bits per heavy atom. The van der Waals surface area contributed by atoms with E-state index in [0.29, 0.717) is 16.3 Å². The first-order valence-corrected chi connectivity index (χ1v) is 8.76. The van der Waals surface area contributed by atoms with E-state index in [1.54, 1.807) is 18.2 Å². The summed E-state index contributed by atoms with van der Waals surface area (Å²) in [7, 11) is 0. The van der Waals surface area contributed by atoms with Gasteiger partial charge in [-0.2, -0.15) is 13.2 Å². The Balaban J connectivity index is 2.04. The number of nitrogens with zero attached hydrogens (tertiary/aromatic N) is 1. The Hall–Kier alpha value is -3.37. The SMILES string of the molecule is Cc1cc(NC(=O)Nc2cccc(Cl)c2)cc2c(C(F)(F)F)c(C(=O)NO)cnc12. The predicted molar refractivity (Wildman–Crippen MR) is 105 cm³/mol. The number of halogens is 4. The number of anilines is 2. The van der Waals surface area contributed by atoms with Crippen molar-refractivity contribution >= 4 is 45.8 Å². The zero-order valence-corrected chi connectivity index (χ0v) is 16.0. The number of carbonyl (C=O) groups is 2. The van der Waals surface area contributed by atoms with Gasteiger partial charge in [0.1, 0.15) is 0 Å². The monoisotopic (exact) mass is 438 g/mol. The summed E-state index contributed by atoms with van der Waals surface area (Å²) in [5.41, 5.74) is -0.171. The van der Waals surface area contributed by atoms with Crippen molar-refractivity contribution in [1.29, 1.82) is 0 Å². The van der Waals surface area contributed by atoms with Crippen LogP contribution in [0.15, 0.2) is 42.6 Å². The number of hydrogen-bond acceptors (Lipinski definition) is 4. The lowest BCUT2D eigenvalue weighted by molar-refractivity contribution is -0.136. The molecule has 0 saturated heterocycles. The molecule has 1 aromatic heterocycles. The molecule has 30 heavy (non-hydrogen) atoms. The molecule has 0 aliphatic heterocycles. The minimum absolute atomic E-state index is 0.00221. The average molecular weight is 439 g/mol. The highest BCUT2D eigenvalue weighted by molar-refractivity contribution is 6.30. The Labute approximate surface area is 172 Å². The fourth-order valence-electron chi connectivity index (χ4n) is 2.95. The molecule has 3 rings (SSSR count). The highest BCUT2D eigenvalue weighted by Crippen LogP contribution is 2.38. The number of pyridine rings is 1. The number of fused-ring (bicyclic) bond motifs is 1. The molecule has 0 aliphatic carbocycles. The lowest BCUT2D eigenvalue weighted by atomic mass is 9.99. The van der Waals surface area contributed by atoms with Crippen molar-refractivity contribution in [2.24, 2.45) is 0 Å². The summed E-state index contributed by atoms with van der Waals surface area (Å²) in [5.74, 6) is -1.36. The van der Waals surface area contributed by atoms with Gasteiger partial charge in [0, 0.05) is 28.0 Å². The van der Waals surface area contributed by atoms with E-state index in [1.807, 2.05) is 0 Å². The normalized spacial score (nSPS) is 11.3. The van der Waals surface area contributed by atoms with E-state index in [0.717, 1.165) is 12.3 Å². The molecule has 0 atom stereocenters. The van der Waals surface area contributed by atoms with Gasteiger partial charge >= 0.3 is 12.2 Å². The van der Waals surface area contributed by atoms with E-state index >= 15 is 0 Å². The molecular weight excluding hydrogens is 425 g/mol. The van der Waals surface area contributed by atoms with Crippen molar-refractivity contribution in [3.05, 3.63) is 64.3 Å². The molecule has 0 saturated carbocycles. The number of alkyl halides is 3. The van der Waals surface area contributed by atoms with E-state index in [1.165, 1.54) is 24.5 Å². The molecule has 0 fully saturated rings. The summed E-state index contributed by atoms with van der Waals surface area (Å²) in [6.07, 6.45) is -4.18. The van der Waals surface area contributed by atoms with Gasteiger partial charge in [-0.1, -0.05) is 17.7 Å². The van der Waals surface area contributed by atoms with E-state index < -0.39 is 34.6 Å². The van der Waals surface area contributed by atoms with Gasteiger partial charge in [0.05, 0.1) is 16.6 Å². The quantitative estimate of drug-likeness (QED) is 0.342. The first kappa shape index (κ1) is 21.3. The van der Waals surface area contributed by atoms with E-state index in [2.05, 4.69) is 15.6 Å². The standard InChI is InChI=1S/C19H14ClF3N4O3/c1-9-5-12(26-18(29)25-11-4-2-3-10(20)6-11)7-13-15(19(21,22)23)14(17(28)27-30)8-24-16(9)13/h2-8,30H,1H3,(H,27,28)(H2,25,26,29). The maximum Gasteiger partial charge on any atom is 0.417 e. The Kier molecular flexibility index (Phi) is 5.81. The number of hydroxylamine groups is 1. The van der Waals surface area contributed by atoms with Crippen molar-refractivity contribution in [3.63, 3.8) is 0 Å². The lowest BCUT2D eigenvalue weighted by Crippen LogP contribution is -2.24. The second-order valence-electron chi connectivity index (χ2n) is 6.26. The summed E-state index contributed by atoms with van der Waals surface area (Å²) in [6.45, 7) is 1.52. The Bertz CT molecular complexity index is 1150. The summed E-state index contributed by atoms with van der Waals surface area (Å²) >= 11 is 5.85. The maximum absolute atomic E-state index is 13.7. The molecule has 1 heterocycles. The van der Waals surface area contributed by atoms with Crippen molar-refractivity contribution < 1.29 is 28.0 Å². The van der Waals surface area contributed by atoms with Crippen LogP contribution in [0.5, 0.6) is 0 Å². The van der Waals surface area contributed by atoms with Gasteiger partial charge in [0.2, 0.25) is 0 Å². The first-order chi connectivity index (χ1) is 14.1.